The Balaban J connectivity index is 1.87. The van der Waals surface area contributed by atoms with Gasteiger partial charge in [0, 0.05) is 25.9 Å². The van der Waals surface area contributed by atoms with Crippen LogP contribution in [0.15, 0.2) is 30.3 Å². The van der Waals surface area contributed by atoms with Crippen molar-refractivity contribution in [3.8, 4) is 0 Å². The van der Waals surface area contributed by atoms with Crippen LogP contribution in [0.2, 0.25) is 0 Å². The van der Waals surface area contributed by atoms with Crippen LogP contribution in [-0.4, -0.2) is 54.6 Å². The molecule has 1 heterocycles. The molecule has 2 rings (SSSR count). The van der Waals surface area contributed by atoms with Gasteiger partial charge >= 0.3 is 5.97 Å². The number of benzene rings is 1. The van der Waals surface area contributed by atoms with E-state index in [0.717, 1.165) is 5.56 Å². The zero-order valence-corrected chi connectivity index (χ0v) is 13.5. The normalized spacial score (nSPS) is 18.4. The van der Waals surface area contributed by atoms with Gasteiger partial charge < -0.3 is 10.4 Å². The second-order valence-electron chi connectivity index (χ2n) is 5.47. The van der Waals surface area contributed by atoms with Crippen molar-refractivity contribution in [1.29, 1.82) is 0 Å². The van der Waals surface area contributed by atoms with Crippen molar-refractivity contribution in [1.82, 2.24) is 9.62 Å². The molecule has 0 aromatic heterocycles. The minimum atomic E-state index is -3.24. The lowest BCUT2D eigenvalue weighted by Crippen LogP contribution is -2.43. The Labute approximate surface area is 135 Å². The van der Waals surface area contributed by atoms with E-state index in [4.69, 9.17) is 0 Å². The fourth-order valence-electron chi connectivity index (χ4n) is 2.48. The number of aliphatic carboxylic acids is 1. The summed E-state index contributed by atoms with van der Waals surface area (Å²) in [6.07, 6.45) is 0.706. The van der Waals surface area contributed by atoms with Crippen LogP contribution in [0, 0.1) is 0 Å². The number of carbonyl (C=O) groups is 2. The summed E-state index contributed by atoms with van der Waals surface area (Å²) in [6, 6.07) is 7.98. The first kappa shape index (κ1) is 17.4. The SMILES string of the molecule is O=C(CCN1CCCS1(=O)=O)N[C@H](Cc1ccccc1)C(=O)O. The Hall–Kier alpha value is -1.93. The summed E-state index contributed by atoms with van der Waals surface area (Å²) in [6.45, 7) is 0.508. The van der Waals surface area contributed by atoms with Gasteiger partial charge in [0.2, 0.25) is 15.9 Å². The van der Waals surface area contributed by atoms with E-state index >= 15 is 0 Å². The number of hydrogen-bond acceptors (Lipinski definition) is 4. The molecule has 0 saturated carbocycles. The molecule has 8 heteroatoms. The highest BCUT2D eigenvalue weighted by Crippen LogP contribution is 2.13. The number of sulfonamides is 1. The van der Waals surface area contributed by atoms with Crippen LogP contribution in [0.4, 0.5) is 0 Å². The van der Waals surface area contributed by atoms with E-state index in [1.807, 2.05) is 6.07 Å². The summed E-state index contributed by atoms with van der Waals surface area (Å²) < 4.78 is 24.6. The summed E-state index contributed by atoms with van der Waals surface area (Å²) in [5.74, 6) is -1.47. The van der Waals surface area contributed by atoms with Crippen molar-refractivity contribution in [3.05, 3.63) is 35.9 Å². The summed E-state index contributed by atoms with van der Waals surface area (Å²) in [7, 11) is -3.24. The van der Waals surface area contributed by atoms with Crippen LogP contribution in [0.3, 0.4) is 0 Å². The van der Waals surface area contributed by atoms with Gasteiger partial charge in [-0.05, 0) is 12.0 Å². The van der Waals surface area contributed by atoms with E-state index in [1.165, 1.54) is 4.31 Å². The summed E-state index contributed by atoms with van der Waals surface area (Å²) in [4.78, 5) is 23.2. The first-order chi connectivity index (χ1) is 10.9. The number of carboxylic acids is 1. The van der Waals surface area contributed by atoms with Gasteiger partial charge in [-0.15, -0.1) is 0 Å². The topological polar surface area (TPSA) is 104 Å². The third-order valence-electron chi connectivity index (χ3n) is 3.71. The van der Waals surface area contributed by atoms with Crippen molar-refractivity contribution < 1.29 is 23.1 Å². The molecule has 7 nitrogen and oxygen atoms in total. The molecule has 1 atom stereocenters. The lowest BCUT2D eigenvalue weighted by atomic mass is 10.1. The molecule has 1 aromatic rings. The molecule has 0 unspecified atom stereocenters. The van der Waals surface area contributed by atoms with Crippen LogP contribution in [0.1, 0.15) is 18.4 Å². The van der Waals surface area contributed by atoms with E-state index in [9.17, 15) is 23.1 Å². The fraction of sp³-hybridized carbons (Fsp3) is 0.467. The molecule has 1 aromatic carbocycles. The van der Waals surface area contributed by atoms with Crippen molar-refractivity contribution in [2.45, 2.75) is 25.3 Å². The summed E-state index contributed by atoms with van der Waals surface area (Å²) in [5, 5.41) is 11.7. The van der Waals surface area contributed by atoms with Crippen LogP contribution in [0.5, 0.6) is 0 Å². The minimum Gasteiger partial charge on any atom is -0.480 e. The van der Waals surface area contributed by atoms with Crippen molar-refractivity contribution >= 4 is 21.9 Å². The summed E-state index contributed by atoms with van der Waals surface area (Å²) >= 11 is 0. The molecule has 1 fully saturated rings. The number of rotatable bonds is 7. The number of amides is 1. The third-order valence-corrected chi connectivity index (χ3v) is 5.66. The zero-order chi connectivity index (χ0) is 16.9. The van der Waals surface area contributed by atoms with E-state index in [0.29, 0.717) is 13.0 Å². The van der Waals surface area contributed by atoms with Crippen molar-refractivity contribution in [3.63, 3.8) is 0 Å². The average Bonchev–Trinajstić information content (AvgIpc) is 2.84. The van der Waals surface area contributed by atoms with E-state index in [-0.39, 0.29) is 25.1 Å². The number of nitrogens with zero attached hydrogens (tertiary/aromatic N) is 1. The third kappa shape index (κ3) is 5.04. The number of nitrogens with one attached hydrogen (secondary N) is 1. The summed E-state index contributed by atoms with van der Waals surface area (Å²) in [5.41, 5.74) is 0.808. The zero-order valence-electron chi connectivity index (χ0n) is 12.6. The van der Waals surface area contributed by atoms with Gasteiger partial charge in [-0.2, -0.15) is 0 Å². The van der Waals surface area contributed by atoms with Crippen LogP contribution >= 0.6 is 0 Å². The van der Waals surface area contributed by atoms with Crippen molar-refractivity contribution in [2.24, 2.45) is 0 Å². The molecule has 0 radical (unpaired) electrons. The maximum Gasteiger partial charge on any atom is 0.326 e. The molecule has 0 aliphatic carbocycles. The monoisotopic (exact) mass is 340 g/mol. The second kappa shape index (κ2) is 7.56. The molecule has 1 aliphatic rings. The van der Waals surface area contributed by atoms with Crippen LogP contribution in [0.25, 0.3) is 0 Å². The van der Waals surface area contributed by atoms with Crippen molar-refractivity contribution in [2.75, 3.05) is 18.8 Å². The van der Waals surface area contributed by atoms with Gasteiger partial charge in [-0.1, -0.05) is 30.3 Å². The predicted octanol–water partition coefficient (Wildman–Crippen LogP) is 0.224. The predicted molar refractivity (Wildman–Crippen MR) is 84.3 cm³/mol. The van der Waals surface area contributed by atoms with Gasteiger partial charge in [0.15, 0.2) is 0 Å². The van der Waals surface area contributed by atoms with Gasteiger partial charge in [-0.25, -0.2) is 17.5 Å². The molecular weight excluding hydrogens is 320 g/mol. The number of carbonyl (C=O) groups excluding carboxylic acids is 1. The Morgan fingerprint density at radius 3 is 2.52 bits per heavy atom. The largest absolute Gasteiger partial charge is 0.480 e. The van der Waals surface area contributed by atoms with Gasteiger partial charge in [0.05, 0.1) is 5.75 Å². The Morgan fingerprint density at radius 1 is 1.26 bits per heavy atom. The maximum atomic E-state index is 11.9. The quantitative estimate of drug-likeness (QED) is 0.739. The van der Waals surface area contributed by atoms with E-state index in [2.05, 4.69) is 5.32 Å². The lowest BCUT2D eigenvalue weighted by Gasteiger charge is -2.17. The molecule has 0 bridgehead atoms. The van der Waals surface area contributed by atoms with E-state index < -0.39 is 27.9 Å². The van der Waals surface area contributed by atoms with Gasteiger partial charge in [-0.3, -0.25) is 4.79 Å². The molecule has 1 aliphatic heterocycles. The van der Waals surface area contributed by atoms with E-state index in [1.54, 1.807) is 24.3 Å². The van der Waals surface area contributed by atoms with Crippen LogP contribution < -0.4 is 5.32 Å². The molecule has 126 valence electrons. The highest BCUT2D eigenvalue weighted by atomic mass is 32.2. The molecule has 1 saturated heterocycles. The Bertz CT molecular complexity index is 660. The smallest absolute Gasteiger partial charge is 0.326 e. The molecular formula is C15H20N2O5S. The Kier molecular flexibility index (Phi) is 5.73. The Morgan fingerprint density at radius 2 is 1.96 bits per heavy atom. The number of carboxylic acid groups (broad SMARTS) is 1. The van der Waals surface area contributed by atoms with Gasteiger partial charge in [0.1, 0.15) is 6.04 Å². The van der Waals surface area contributed by atoms with Crippen LogP contribution in [-0.2, 0) is 26.0 Å². The fourth-order valence-corrected chi connectivity index (χ4v) is 4.01. The standard InChI is InChI=1S/C15H20N2O5S/c18-14(7-9-17-8-4-10-23(17,21)22)16-13(15(19)20)11-12-5-2-1-3-6-12/h1-3,5-6,13H,4,7-11H2,(H,16,18)(H,19,20)/t13-/m1/s1. The van der Waals surface area contributed by atoms with Gasteiger partial charge in [0.25, 0.3) is 0 Å². The number of hydrogen-bond donors (Lipinski definition) is 2. The highest BCUT2D eigenvalue weighted by molar-refractivity contribution is 7.89. The highest BCUT2D eigenvalue weighted by Gasteiger charge is 2.28. The molecule has 1 amide bonds. The minimum absolute atomic E-state index is 0.0438. The maximum absolute atomic E-state index is 11.9. The molecule has 23 heavy (non-hydrogen) atoms. The molecule has 2 N–H and O–H groups in total. The second-order valence-corrected chi connectivity index (χ2v) is 7.56. The lowest BCUT2D eigenvalue weighted by molar-refractivity contribution is -0.141. The first-order valence-electron chi connectivity index (χ1n) is 7.42. The molecule has 0 spiro atoms. The first-order valence-corrected chi connectivity index (χ1v) is 9.03. The average molecular weight is 340 g/mol.